The van der Waals surface area contributed by atoms with Crippen molar-refractivity contribution in [2.45, 2.75) is 65.1 Å². The van der Waals surface area contributed by atoms with Gasteiger partial charge in [-0.1, -0.05) is 24.7 Å². The van der Waals surface area contributed by atoms with Crippen LogP contribution in [0.5, 0.6) is 5.75 Å². The fourth-order valence-corrected chi connectivity index (χ4v) is 5.91. The second-order valence-corrected chi connectivity index (χ2v) is 11.2. The Morgan fingerprint density at radius 3 is 2.58 bits per heavy atom. The Labute approximate surface area is 250 Å². The molecule has 0 saturated heterocycles. The summed E-state index contributed by atoms with van der Waals surface area (Å²) in [5, 5.41) is 18.2. The van der Waals surface area contributed by atoms with Gasteiger partial charge in [0.1, 0.15) is 33.0 Å². The van der Waals surface area contributed by atoms with Crippen molar-refractivity contribution in [2.75, 3.05) is 20.3 Å². The zero-order chi connectivity index (χ0) is 31.3. The van der Waals surface area contributed by atoms with Gasteiger partial charge in [0, 0.05) is 11.1 Å². The third kappa shape index (κ3) is 6.23. The standard InChI is InChI=1S/C29H33FN6O6S/c1-6-7-14-42-27(38)29(3,4)35-24(37)23-18(2)25(36-32-12-13-33-36)43-26(23)34(28(35)39)17-22(41-15-8-11-31)20-16-19(30)9-10-21(20)40-5/h9-10,12-13,16,22H,6-8,14-15,17H2,1-5H3/t22-/m0/s1. The minimum atomic E-state index is -1.68. The van der Waals surface area contributed by atoms with E-state index in [4.69, 9.17) is 19.5 Å². The molecule has 12 nitrogen and oxygen atoms in total. The van der Waals surface area contributed by atoms with E-state index in [2.05, 4.69) is 10.2 Å². The number of hydrogen-bond acceptors (Lipinski definition) is 10. The third-order valence-corrected chi connectivity index (χ3v) is 8.28. The number of hydrogen-bond donors (Lipinski definition) is 0. The fraction of sp³-hybridized carbons (Fsp3) is 0.448. The molecule has 228 valence electrons. The van der Waals surface area contributed by atoms with E-state index in [-0.39, 0.29) is 36.4 Å². The quantitative estimate of drug-likeness (QED) is 0.162. The molecule has 43 heavy (non-hydrogen) atoms. The minimum absolute atomic E-state index is 0.0143. The molecule has 4 aromatic rings. The van der Waals surface area contributed by atoms with Gasteiger partial charge in [-0.3, -0.25) is 9.36 Å². The van der Waals surface area contributed by atoms with Crippen molar-refractivity contribution in [1.82, 2.24) is 24.1 Å². The Balaban J connectivity index is 1.99. The number of fused-ring (bicyclic) bond motifs is 1. The first-order valence-corrected chi connectivity index (χ1v) is 14.5. The highest BCUT2D eigenvalue weighted by Gasteiger charge is 2.37. The van der Waals surface area contributed by atoms with Gasteiger partial charge in [0.05, 0.1) is 57.1 Å². The number of aryl methyl sites for hydroxylation is 1. The third-order valence-electron chi connectivity index (χ3n) is 7.00. The highest BCUT2D eigenvalue weighted by molar-refractivity contribution is 7.21. The van der Waals surface area contributed by atoms with Crippen molar-refractivity contribution >= 4 is 27.5 Å². The fourth-order valence-electron chi connectivity index (χ4n) is 4.69. The number of carbonyl (C=O) groups is 1. The number of nitrogens with zero attached hydrogens (tertiary/aromatic N) is 6. The number of rotatable bonds is 13. The molecular formula is C29H33FN6O6S. The van der Waals surface area contributed by atoms with Crippen LogP contribution in [0.1, 0.15) is 57.3 Å². The van der Waals surface area contributed by atoms with Crippen LogP contribution in [-0.4, -0.2) is 50.4 Å². The average molecular weight is 613 g/mol. The maximum Gasteiger partial charge on any atom is 0.333 e. The van der Waals surface area contributed by atoms with Crippen LogP contribution in [0.15, 0.2) is 40.2 Å². The maximum absolute atomic E-state index is 14.5. The number of benzene rings is 1. The van der Waals surface area contributed by atoms with Crippen LogP contribution in [0.3, 0.4) is 0 Å². The molecule has 0 aliphatic heterocycles. The van der Waals surface area contributed by atoms with E-state index in [1.165, 1.54) is 60.9 Å². The molecule has 14 heteroatoms. The lowest BCUT2D eigenvalue weighted by molar-refractivity contribution is -0.153. The van der Waals surface area contributed by atoms with Gasteiger partial charge < -0.3 is 14.2 Å². The number of nitriles is 1. The molecule has 0 radical (unpaired) electrons. The number of esters is 1. The predicted octanol–water partition coefficient (Wildman–Crippen LogP) is 4.01. The van der Waals surface area contributed by atoms with E-state index < -0.39 is 34.7 Å². The largest absolute Gasteiger partial charge is 0.496 e. The summed E-state index contributed by atoms with van der Waals surface area (Å²) in [4.78, 5) is 43.2. The molecule has 0 aliphatic carbocycles. The van der Waals surface area contributed by atoms with Gasteiger partial charge in [-0.25, -0.2) is 18.5 Å². The van der Waals surface area contributed by atoms with Crippen molar-refractivity contribution in [3.63, 3.8) is 0 Å². The molecule has 0 saturated carbocycles. The average Bonchev–Trinajstić information content (AvgIpc) is 3.62. The second kappa shape index (κ2) is 13.3. The van der Waals surface area contributed by atoms with E-state index in [0.717, 1.165) is 22.3 Å². The normalized spacial score (nSPS) is 12.3. The molecule has 0 aliphatic rings. The molecule has 0 bridgehead atoms. The molecule has 0 amide bonds. The lowest BCUT2D eigenvalue weighted by Crippen LogP contribution is -2.53. The van der Waals surface area contributed by atoms with Gasteiger partial charge in [-0.2, -0.15) is 15.5 Å². The number of halogens is 1. The van der Waals surface area contributed by atoms with Gasteiger partial charge in [-0.05, 0) is 45.4 Å². The van der Waals surface area contributed by atoms with Crippen molar-refractivity contribution in [1.29, 1.82) is 5.26 Å². The Bertz CT molecular complexity index is 1770. The summed E-state index contributed by atoms with van der Waals surface area (Å²) >= 11 is 1.12. The van der Waals surface area contributed by atoms with Crippen LogP contribution >= 0.6 is 11.3 Å². The Kier molecular flexibility index (Phi) is 9.77. The summed E-state index contributed by atoms with van der Waals surface area (Å²) < 4.78 is 33.6. The molecule has 3 heterocycles. The van der Waals surface area contributed by atoms with E-state index in [9.17, 15) is 18.8 Å². The Morgan fingerprint density at radius 2 is 1.93 bits per heavy atom. The van der Waals surface area contributed by atoms with E-state index in [1.54, 1.807) is 6.92 Å². The summed E-state index contributed by atoms with van der Waals surface area (Å²) in [5.74, 6) is -0.978. The molecule has 0 unspecified atom stereocenters. The first-order chi connectivity index (χ1) is 20.6. The van der Waals surface area contributed by atoms with E-state index in [0.29, 0.717) is 28.3 Å². The molecule has 0 fully saturated rings. The number of carbonyl (C=O) groups excluding carboxylic acids is 1. The summed E-state index contributed by atoms with van der Waals surface area (Å²) in [7, 11) is 1.42. The molecule has 3 aromatic heterocycles. The number of thiophene rings is 1. The molecule has 4 rings (SSSR count). The van der Waals surface area contributed by atoms with Crippen molar-refractivity contribution in [2.24, 2.45) is 0 Å². The van der Waals surface area contributed by atoms with Crippen LogP contribution in [0, 0.1) is 24.1 Å². The summed E-state index contributed by atoms with van der Waals surface area (Å²) in [5.41, 5.74) is -2.33. The van der Waals surface area contributed by atoms with Crippen LogP contribution in [-0.2, 0) is 26.4 Å². The lowest BCUT2D eigenvalue weighted by atomic mass is 10.0. The van der Waals surface area contributed by atoms with Crippen molar-refractivity contribution < 1.29 is 23.4 Å². The highest BCUT2D eigenvalue weighted by Crippen LogP contribution is 2.34. The smallest absolute Gasteiger partial charge is 0.333 e. The molecular weight excluding hydrogens is 579 g/mol. The first-order valence-electron chi connectivity index (χ1n) is 13.7. The topological polar surface area (TPSA) is 143 Å². The van der Waals surface area contributed by atoms with Gasteiger partial charge >= 0.3 is 11.7 Å². The molecule has 0 N–H and O–H groups in total. The number of ether oxygens (including phenoxy) is 3. The minimum Gasteiger partial charge on any atom is -0.496 e. The van der Waals surface area contributed by atoms with Crippen LogP contribution in [0.4, 0.5) is 4.39 Å². The molecule has 1 aromatic carbocycles. The SMILES string of the molecule is CCCCOC(=O)C(C)(C)n1c(=O)c2c(C)c(-n3nccn3)sc2n(C[C@H](OCCC#N)c2cc(F)ccc2OC)c1=O. The lowest BCUT2D eigenvalue weighted by Gasteiger charge is -2.27. The van der Waals surface area contributed by atoms with Crippen molar-refractivity contribution in [3.05, 3.63) is 68.4 Å². The van der Waals surface area contributed by atoms with Gasteiger partial charge in [0.15, 0.2) is 0 Å². The summed E-state index contributed by atoms with van der Waals surface area (Å²) in [6.45, 7) is 6.49. The summed E-state index contributed by atoms with van der Waals surface area (Å²) in [6.07, 6.45) is 3.46. The monoisotopic (exact) mass is 612 g/mol. The van der Waals surface area contributed by atoms with E-state index in [1.807, 2.05) is 13.0 Å². The first kappa shape index (κ1) is 31.6. The number of unbranched alkanes of at least 4 members (excludes halogenated alkanes) is 1. The molecule has 1 atom stereocenters. The van der Waals surface area contributed by atoms with Crippen LogP contribution in [0.25, 0.3) is 15.2 Å². The van der Waals surface area contributed by atoms with E-state index >= 15 is 0 Å². The number of methoxy groups -OCH3 is 1. The van der Waals surface area contributed by atoms with Gasteiger partial charge in [0.2, 0.25) is 0 Å². The second-order valence-electron chi connectivity index (χ2n) is 10.3. The van der Waals surface area contributed by atoms with Crippen molar-refractivity contribution in [3.8, 4) is 16.8 Å². The zero-order valence-corrected chi connectivity index (χ0v) is 25.4. The van der Waals surface area contributed by atoms with Gasteiger partial charge in [0.25, 0.3) is 5.56 Å². The van der Waals surface area contributed by atoms with Crippen LogP contribution in [0.2, 0.25) is 0 Å². The summed E-state index contributed by atoms with van der Waals surface area (Å²) in [6, 6.07) is 5.92. The highest BCUT2D eigenvalue weighted by atomic mass is 32.1. The Morgan fingerprint density at radius 1 is 1.21 bits per heavy atom. The van der Waals surface area contributed by atoms with Gasteiger partial charge in [-0.15, -0.1) is 4.80 Å². The maximum atomic E-state index is 14.5. The number of aromatic nitrogens is 5. The predicted molar refractivity (Wildman–Crippen MR) is 157 cm³/mol. The van der Waals surface area contributed by atoms with Crippen LogP contribution < -0.4 is 16.0 Å². The molecule has 0 spiro atoms. The zero-order valence-electron chi connectivity index (χ0n) is 24.6. The Hall–Kier alpha value is -4.35.